The molecule has 0 radical (unpaired) electrons. The summed E-state index contributed by atoms with van der Waals surface area (Å²) >= 11 is 0. The molecule has 2 heterocycles. The summed E-state index contributed by atoms with van der Waals surface area (Å²) < 4.78 is 13.8. The summed E-state index contributed by atoms with van der Waals surface area (Å²) in [5.74, 6) is 0.0967. The molecule has 4 rings (SSSR count). The van der Waals surface area contributed by atoms with Crippen molar-refractivity contribution in [1.29, 1.82) is 0 Å². The first-order valence-electron chi connectivity index (χ1n) is 8.90. The van der Waals surface area contributed by atoms with E-state index in [2.05, 4.69) is 6.58 Å². The minimum absolute atomic E-state index is 0.0346. The van der Waals surface area contributed by atoms with Gasteiger partial charge in [-0.1, -0.05) is 24.3 Å². The lowest BCUT2D eigenvalue weighted by Crippen LogP contribution is -2.53. The van der Waals surface area contributed by atoms with Crippen molar-refractivity contribution in [3.8, 4) is 0 Å². The molecule has 0 N–H and O–H groups in total. The largest absolute Gasteiger partial charge is 0.372 e. The highest BCUT2D eigenvalue weighted by Crippen LogP contribution is 2.34. The molecule has 25 heavy (non-hydrogen) atoms. The molecule has 1 saturated carbocycles. The fourth-order valence-electron chi connectivity index (χ4n) is 4.20. The van der Waals surface area contributed by atoms with Crippen molar-refractivity contribution in [3.05, 3.63) is 48.7 Å². The Morgan fingerprint density at radius 1 is 1.40 bits per heavy atom. The summed E-state index contributed by atoms with van der Waals surface area (Å²) in [4.78, 5) is 15.3. The van der Waals surface area contributed by atoms with Crippen LogP contribution in [0.4, 0.5) is 0 Å². The molecule has 1 aromatic heterocycles. The molecule has 5 nitrogen and oxygen atoms in total. The van der Waals surface area contributed by atoms with E-state index in [9.17, 15) is 4.79 Å². The van der Waals surface area contributed by atoms with Gasteiger partial charge < -0.3 is 18.9 Å². The molecule has 1 aliphatic carbocycles. The van der Waals surface area contributed by atoms with Crippen molar-refractivity contribution >= 4 is 16.8 Å². The summed E-state index contributed by atoms with van der Waals surface area (Å²) in [7, 11) is 1.98. The van der Waals surface area contributed by atoms with Crippen LogP contribution in [0.1, 0.15) is 23.2 Å². The van der Waals surface area contributed by atoms with Gasteiger partial charge in [-0.15, -0.1) is 6.58 Å². The van der Waals surface area contributed by atoms with E-state index in [1.807, 2.05) is 47.0 Å². The number of aryl methyl sites for hydroxylation is 1. The predicted molar refractivity (Wildman–Crippen MR) is 96.7 cm³/mol. The van der Waals surface area contributed by atoms with Crippen molar-refractivity contribution in [3.63, 3.8) is 0 Å². The fourth-order valence-corrected chi connectivity index (χ4v) is 4.20. The molecule has 1 amide bonds. The van der Waals surface area contributed by atoms with Crippen LogP contribution in [-0.4, -0.2) is 53.4 Å². The van der Waals surface area contributed by atoms with Crippen molar-refractivity contribution in [2.24, 2.45) is 7.05 Å². The highest BCUT2D eigenvalue weighted by Gasteiger charge is 2.45. The Hall–Kier alpha value is -2.11. The van der Waals surface area contributed by atoms with Gasteiger partial charge in [-0.25, -0.2) is 0 Å². The standard InChI is InChI=1S/C20H24N2O3/c1-3-11-24-18-9-8-17-19(18)25-12-10-22(17)20(23)15-13-21(2)16-7-5-4-6-14(15)16/h3-7,13,17-19H,1,8-12H2,2H3/t17-,18-,19+/m0/s1. The summed E-state index contributed by atoms with van der Waals surface area (Å²) in [5, 5.41) is 1.01. The SMILES string of the molecule is C=CCO[C@H]1CC[C@H]2[C@H]1OCCN2C(=O)c1cn(C)c2ccccc12. The predicted octanol–water partition coefficient (Wildman–Crippen LogP) is 2.75. The summed E-state index contributed by atoms with van der Waals surface area (Å²) in [6.07, 6.45) is 5.55. The van der Waals surface area contributed by atoms with Gasteiger partial charge in [0.2, 0.25) is 0 Å². The van der Waals surface area contributed by atoms with Crippen LogP contribution in [0.5, 0.6) is 0 Å². The Morgan fingerprint density at radius 2 is 2.24 bits per heavy atom. The van der Waals surface area contributed by atoms with Crippen LogP contribution in [0.25, 0.3) is 10.9 Å². The van der Waals surface area contributed by atoms with E-state index in [-0.39, 0.29) is 24.2 Å². The van der Waals surface area contributed by atoms with Gasteiger partial charge in [0.1, 0.15) is 6.10 Å². The van der Waals surface area contributed by atoms with E-state index < -0.39 is 0 Å². The summed E-state index contributed by atoms with van der Waals surface area (Å²) in [6.45, 7) is 5.43. The van der Waals surface area contributed by atoms with Crippen molar-refractivity contribution in [2.45, 2.75) is 31.1 Å². The third-order valence-electron chi connectivity index (χ3n) is 5.35. The molecule has 2 aliphatic rings. The zero-order chi connectivity index (χ0) is 17.4. The van der Waals surface area contributed by atoms with Gasteiger partial charge in [-0.3, -0.25) is 4.79 Å². The molecule has 1 saturated heterocycles. The maximum Gasteiger partial charge on any atom is 0.256 e. The highest BCUT2D eigenvalue weighted by molar-refractivity contribution is 6.07. The second-order valence-electron chi connectivity index (χ2n) is 6.81. The molecule has 0 bridgehead atoms. The molecule has 132 valence electrons. The zero-order valence-corrected chi connectivity index (χ0v) is 14.6. The minimum atomic E-state index is -0.0346. The molecule has 5 heteroatoms. The zero-order valence-electron chi connectivity index (χ0n) is 14.6. The lowest BCUT2D eigenvalue weighted by molar-refractivity contribution is -0.100. The van der Waals surface area contributed by atoms with Gasteiger partial charge in [-0.2, -0.15) is 0 Å². The van der Waals surface area contributed by atoms with Crippen LogP contribution in [0.2, 0.25) is 0 Å². The molecular formula is C20H24N2O3. The van der Waals surface area contributed by atoms with Gasteiger partial charge >= 0.3 is 0 Å². The number of para-hydroxylation sites is 1. The second-order valence-corrected chi connectivity index (χ2v) is 6.81. The van der Waals surface area contributed by atoms with Gasteiger partial charge in [0.15, 0.2) is 0 Å². The van der Waals surface area contributed by atoms with Crippen LogP contribution in [0.3, 0.4) is 0 Å². The number of ether oxygens (including phenoxy) is 2. The van der Waals surface area contributed by atoms with E-state index >= 15 is 0 Å². The number of nitrogens with zero attached hydrogens (tertiary/aromatic N) is 2. The Bertz CT molecular complexity index is 797. The molecule has 1 aliphatic heterocycles. The number of hydrogen-bond donors (Lipinski definition) is 0. The maximum atomic E-state index is 13.3. The van der Waals surface area contributed by atoms with Gasteiger partial charge in [-0.05, 0) is 18.9 Å². The van der Waals surface area contributed by atoms with Crippen molar-refractivity contribution in [1.82, 2.24) is 9.47 Å². The lowest BCUT2D eigenvalue weighted by atomic mass is 10.1. The molecule has 0 spiro atoms. The number of morpholine rings is 1. The summed E-state index contributed by atoms with van der Waals surface area (Å²) in [6, 6.07) is 8.14. The van der Waals surface area contributed by atoms with Crippen LogP contribution in [0, 0.1) is 0 Å². The smallest absolute Gasteiger partial charge is 0.256 e. The molecule has 2 aromatic rings. The van der Waals surface area contributed by atoms with E-state index in [0.29, 0.717) is 19.8 Å². The average molecular weight is 340 g/mol. The first kappa shape index (κ1) is 16.4. The Kier molecular flexibility index (Phi) is 4.36. The number of carbonyl (C=O) groups is 1. The lowest BCUT2D eigenvalue weighted by Gasteiger charge is -2.39. The number of hydrogen-bond acceptors (Lipinski definition) is 3. The molecule has 3 atom stereocenters. The van der Waals surface area contributed by atoms with Crippen LogP contribution in [0.15, 0.2) is 43.1 Å². The average Bonchev–Trinajstić information content (AvgIpc) is 3.21. The molecular weight excluding hydrogens is 316 g/mol. The second kappa shape index (κ2) is 6.65. The minimum Gasteiger partial charge on any atom is -0.372 e. The number of rotatable bonds is 4. The first-order valence-corrected chi connectivity index (χ1v) is 8.90. The third-order valence-corrected chi connectivity index (χ3v) is 5.35. The van der Waals surface area contributed by atoms with E-state index in [0.717, 1.165) is 29.3 Å². The van der Waals surface area contributed by atoms with E-state index in [4.69, 9.17) is 9.47 Å². The fraction of sp³-hybridized carbons (Fsp3) is 0.450. The molecule has 1 aromatic carbocycles. The molecule has 2 fully saturated rings. The Morgan fingerprint density at radius 3 is 3.08 bits per heavy atom. The summed E-state index contributed by atoms with van der Waals surface area (Å²) in [5.41, 5.74) is 1.85. The van der Waals surface area contributed by atoms with Gasteiger partial charge in [0.05, 0.1) is 30.9 Å². The monoisotopic (exact) mass is 340 g/mol. The van der Waals surface area contributed by atoms with Crippen molar-refractivity contribution in [2.75, 3.05) is 19.8 Å². The number of aromatic nitrogens is 1. The van der Waals surface area contributed by atoms with Crippen LogP contribution < -0.4 is 0 Å². The van der Waals surface area contributed by atoms with Crippen LogP contribution >= 0.6 is 0 Å². The third kappa shape index (κ3) is 2.77. The van der Waals surface area contributed by atoms with Gasteiger partial charge in [0, 0.05) is 30.7 Å². The number of carbonyl (C=O) groups excluding carboxylic acids is 1. The Labute approximate surface area is 147 Å². The number of amides is 1. The number of benzene rings is 1. The highest BCUT2D eigenvalue weighted by atomic mass is 16.5. The van der Waals surface area contributed by atoms with E-state index in [1.54, 1.807) is 6.08 Å². The molecule has 0 unspecified atom stereocenters. The topological polar surface area (TPSA) is 43.7 Å². The van der Waals surface area contributed by atoms with Crippen LogP contribution in [-0.2, 0) is 16.5 Å². The Balaban J connectivity index is 1.60. The normalized spacial score (nSPS) is 26.0. The first-order chi connectivity index (χ1) is 12.2. The van der Waals surface area contributed by atoms with Crippen molar-refractivity contribution < 1.29 is 14.3 Å². The number of fused-ring (bicyclic) bond motifs is 2. The maximum absolute atomic E-state index is 13.3. The van der Waals surface area contributed by atoms with Gasteiger partial charge in [0.25, 0.3) is 5.91 Å². The van der Waals surface area contributed by atoms with E-state index in [1.165, 1.54) is 0 Å². The quantitative estimate of drug-likeness (QED) is 0.804.